The summed E-state index contributed by atoms with van der Waals surface area (Å²) in [5.41, 5.74) is 4.97. The van der Waals surface area contributed by atoms with Gasteiger partial charge in [-0.2, -0.15) is 5.26 Å². The number of ether oxygens (including phenoxy) is 1. The summed E-state index contributed by atoms with van der Waals surface area (Å²) >= 11 is 0. The number of fused-ring (bicyclic) bond motifs is 1. The third kappa shape index (κ3) is 3.58. The van der Waals surface area contributed by atoms with Gasteiger partial charge in [-0.1, -0.05) is 60.5 Å². The van der Waals surface area contributed by atoms with Gasteiger partial charge in [-0.15, -0.1) is 5.10 Å². The van der Waals surface area contributed by atoms with Crippen LogP contribution in [0.5, 0.6) is 0 Å². The zero-order valence-electron chi connectivity index (χ0n) is 17.5. The average Bonchev–Trinajstić information content (AvgIpc) is 3.49. The summed E-state index contributed by atoms with van der Waals surface area (Å²) in [6.45, 7) is 0.585. The van der Waals surface area contributed by atoms with Gasteiger partial charge in [0.05, 0.1) is 18.3 Å². The zero-order valence-corrected chi connectivity index (χ0v) is 17.5. The highest BCUT2D eigenvalue weighted by molar-refractivity contribution is 5.95. The van der Waals surface area contributed by atoms with E-state index in [2.05, 4.69) is 45.6 Å². The molecule has 5 rings (SSSR count). The molecule has 2 heterocycles. The maximum Gasteiger partial charge on any atom is 0.141 e. The van der Waals surface area contributed by atoms with E-state index in [4.69, 9.17) is 4.74 Å². The molecule has 4 aromatic rings. The molecular formula is C25H23N5O. The van der Waals surface area contributed by atoms with E-state index in [1.807, 2.05) is 41.2 Å². The van der Waals surface area contributed by atoms with Crippen LogP contribution in [0.2, 0.25) is 0 Å². The molecule has 1 aliphatic rings. The number of benzene rings is 2. The quantitative estimate of drug-likeness (QED) is 0.472. The maximum atomic E-state index is 9.48. The van der Waals surface area contributed by atoms with Crippen molar-refractivity contribution in [1.29, 1.82) is 5.26 Å². The van der Waals surface area contributed by atoms with Crippen molar-refractivity contribution in [3.8, 4) is 17.2 Å². The van der Waals surface area contributed by atoms with Crippen LogP contribution in [-0.2, 0) is 16.9 Å². The van der Waals surface area contributed by atoms with Gasteiger partial charge in [0.15, 0.2) is 0 Å². The van der Waals surface area contributed by atoms with E-state index in [1.165, 1.54) is 0 Å². The first-order valence-corrected chi connectivity index (χ1v) is 10.6. The van der Waals surface area contributed by atoms with Crippen molar-refractivity contribution in [2.45, 2.75) is 37.8 Å². The number of hydrogen-bond acceptors (Lipinski definition) is 5. The van der Waals surface area contributed by atoms with Crippen molar-refractivity contribution in [2.75, 3.05) is 7.11 Å². The number of methoxy groups -OCH3 is 1. The molecule has 2 aromatic heterocycles. The van der Waals surface area contributed by atoms with E-state index >= 15 is 0 Å². The normalized spacial score (nSPS) is 15.2. The Bertz CT molecular complexity index is 1270. The summed E-state index contributed by atoms with van der Waals surface area (Å²) in [7, 11) is 1.76. The molecule has 154 valence electrons. The number of pyridine rings is 1. The van der Waals surface area contributed by atoms with Crippen LogP contribution in [0.3, 0.4) is 0 Å². The van der Waals surface area contributed by atoms with Crippen LogP contribution in [0.15, 0.2) is 60.8 Å². The van der Waals surface area contributed by atoms with Gasteiger partial charge in [-0.05, 0) is 41.7 Å². The van der Waals surface area contributed by atoms with Crippen LogP contribution in [0.1, 0.15) is 42.6 Å². The number of hydrogen-bond donors (Lipinski definition) is 0. The lowest BCUT2D eigenvalue weighted by molar-refractivity contribution is -0.0124. The molecule has 0 spiro atoms. The van der Waals surface area contributed by atoms with E-state index in [1.54, 1.807) is 7.11 Å². The molecule has 0 aliphatic heterocycles. The molecule has 0 N–H and O–H groups in total. The van der Waals surface area contributed by atoms with Gasteiger partial charge < -0.3 is 4.74 Å². The van der Waals surface area contributed by atoms with E-state index in [0.717, 1.165) is 59.0 Å². The first-order chi connectivity index (χ1) is 15.2. The molecule has 2 aromatic carbocycles. The standard InChI is InChI=1S/C25H23N5O/c1-31-25(11-5-6-12-25)24-17-30(29-28-24)16-18-9-10-21-22(19-7-3-2-4-8-19)14-20(15-26)27-23(21)13-18/h2-4,7-10,13-14,17H,5-6,11-12,16H2,1H3. The summed E-state index contributed by atoms with van der Waals surface area (Å²) < 4.78 is 7.68. The molecule has 6 nitrogen and oxygen atoms in total. The third-order valence-corrected chi connectivity index (χ3v) is 6.23. The van der Waals surface area contributed by atoms with Gasteiger partial charge >= 0.3 is 0 Å². The molecule has 0 unspecified atom stereocenters. The summed E-state index contributed by atoms with van der Waals surface area (Å²) in [5, 5.41) is 19.3. The number of rotatable bonds is 5. The zero-order chi connectivity index (χ0) is 21.3. The third-order valence-electron chi connectivity index (χ3n) is 6.23. The molecule has 0 amide bonds. The maximum absolute atomic E-state index is 9.48. The molecule has 1 fully saturated rings. The molecule has 31 heavy (non-hydrogen) atoms. The first-order valence-electron chi connectivity index (χ1n) is 10.6. The van der Waals surface area contributed by atoms with Gasteiger partial charge in [-0.3, -0.25) is 0 Å². The van der Waals surface area contributed by atoms with Crippen LogP contribution in [0.4, 0.5) is 0 Å². The summed E-state index contributed by atoms with van der Waals surface area (Å²) in [6, 6.07) is 20.3. The van der Waals surface area contributed by atoms with Crippen LogP contribution in [-0.4, -0.2) is 27.1 Å². The second-order valence-electron chi connectivity index (χ2n) is 8.09. The Labute approximate surface area is 181 Å². The van der Waals surface area contributed by atoms with Gasteiger partial charge in [0.2, 0.25) is 0 Å². The summed E-state index contributed by atoms with van der Waals surface area (Å²) in [5.74, 6) is 0. The van der Waals surface area contributed by atoms with E-state index < -0.39 is 0 Å². The predicted octanol–water partition coefficient (Wildman–Crippen LogP) is 4.83. The average molecular weight is 409 g/mol. The highest BCUT2D eigenvalue weighted by Gasteiger charge is 2.38. The number of nitriles is 1. The monoisotopic (exact) mass is 409 g/mol. The van der Waals surface area contributed by atoms with Crippen LogP contribution in [0.25, 0.3) is 22.0 Å². The summed E-state index contributed by atoms with van der Waals surface area (Å²) in [6.07, 6.45) is 6.28. The highest BCUT2D eigenvalue weighted by Crippen LogP contribution is 2.40. The van der Waals surface area contributed by atoms with E-state index in [9.17, 15) is 5.26 Å². The van der Waals surface area contributed by atoms with E-state index in [0.29, 0.717) is 12.2 Å². The van der Waals surface area contributed by atoms with Crippen LogP contribution < -0.4 is 0 Å². The highest BCUT2D eigenvalue weighted by atomic mass is 16.5. The van der Waals surface area contributed by atoms with Gasteiger partial charge in [-0.25, -0.2) is 9.67 Å². The Morgan fingerprint density at radius 2 is 1.90 bits per heavy atom. The van der Waals surface area contributed by atoms with Crippen molar-refractivity contribution >= 4 is 10.9 Å². The van der Waals surface area contributed by atoms with Crippen LogP contribution in [0, 0.1) is 11.3 Å². The number of aromatic nitrogens is 4. The molecule has 1 aliphatic carbocycles. The van der Waals surface area contributed by atoms with Crippen molar-refractivity contribution < 1.29 is 4.74 Å². The van der Waals surface area contributed by atoms with E-state index in [-0.39, 0.29) is 5.60 Å². The van der Waals surface area contributed by atoms with Crippen molar-refractivity contribution in [1.82, 2.24) is 20.0 Å². The molecular weight excluding hydrogens is 386 g/mol. The minimum absolute atomic E-state index is 0.296. The minimum Gasteiger partial charge on any atom is -0.372 e. The van der Waals surface area contributed by atoms with Crippen LogP contribution >= 0.6 is 0 Å². The largest absolute Gasteiger partial charge is 0.372 e. The fourth-order valence-electron chi connectivity index (χ4n) is 4.57. The Morgan fingerprint density at radius 1 is 1.10 bits per heavy atom. The lowest BCUT2D eigenvalue weighted by atomic mass is 9.98. The fourth-order valence-corrected chi connectivity index (χ4v) is 4.57. The van der Waals surface area contributed by atoms with Gasteiger partial charge in [0, 0.05) is 12.5 Å². The lowest BCUT2D eigenvalue weighted by Crippen LogP contribution is -2.24. The molecule has 0 saturated heterocycles. The molecule has 0 bridgehead atoms. The Balaban J connectivity index is 1.49. The second kappa shape index (κ2) is 7.93. The van der Waals surface area contributed by atoms with Gasteiger partial charge in [0.25, 0.3) is 0 Å². The molecule has 1 saturated carbocycles. The minimum atomic E-state index is -0.296. The summed E-state index contributed by atoms with van der Waals surface area (Å²) in [4.78, 5) is 4.55. The Morgan fingerprint density at radius 3 is 2.65 bits per heavy atom. The van der Waals surface area contributed by atoms with Gasteiger partial charge in [0.1, 0.15) is 23.1 Å². The topological polar surface area (TPSA) is 76.6 Å². The van der Waals surface area contributed by atoms with Crippen molar-refractivity contribution in [3.63, 3.8) is 0 Å². The molecule has 0 radical (unpaired) electrons. The Hall–Kier alpha value is -3.56. The first kappa shape index (κ1) is 19.4. The lowest BCUT2D eigenvalue weighted by Gasteiger charge is -2.24. The molecule has 6 heteroatoms. The second-order valence-corrected chi connectivity index (χ2v) is 8.09. The Kier molecular flexibility index (Phi) is 4.97. The smallest absolute Gasteiger partial charge is 0.141 e. The van der Waals surface area contributed by atoms with Crippen molar-refractivity contribution in [3.05, 3.63) is 77.7 Å². The van der Waals surface area contributed by atoms with Crippen molar-refractivity contribution in [2.24, 2.45) is 0 Å². The SMILES string of the molecule is COC1(c2cn(Cc3ccc4c(-c5ccccc5)cc(C#N)nc4c3)nn2)CCCC1. The fraction of sp³-hybridized carbons (Fsp3) is 0.280. The predicted molar refractivity (Wildman–Crippen MR) is 118 cm³/mol. The molecule has 0 atom stereocenters. The number of nitrogens with zero attached hydrogens (tertiary/aromatic N) is 5.